The molecule has 0 radical (unpaired) electrons. The summed E-state index contributed by atoms with van der Waals surface area (Å²) in [5.41, 5.74) is -0.221. The number of carbonyl (C=O) groups is 2. The van der Waals surface area contributed by atoms with E-state index in [-0.39, 0.29) is 46.8 Å². The number of carbonyl (C=O) groups excluding carboxylic acids is 1. The van der Waals surface area contributed by atoms with E-state index in [9.17, 15) is 19.8 Å². The molecular formula is C24H38O5. The zero-order chi connectivity index (χ0) is 21.1. The van der Waals surface area contributed by atoms with Crippen molar-refractivity contribution in [1.82, 2.24) is 0 Å². The number of ketones is 1. The third-order valence-corrected chi connectivity index (χ3v) is 10.2. The Morgan fingerprint density at radius 2 is 1.90 bits per heavy atom. The molecule has 4 saturated carbocycles. The molecule has 164 valence electrons. The Morgan fingerprint density at radius 3 is 2.59 bits per heavy atom. The lowest BCUT2D eigenvalue weighted by atomic mass is 9.43. The second-order valence-corrected chi connectivity index (χ2v) is 11.2. The zero-order valence-electron chi connectivity index (χ0n) is 18.1. The summed E-state index contributed by atoms with van der Waals surface area (Å²) in [5.74, 6) is 1.10. The molecule has 0 bridgehead atoms. The van der Waals surface area contributed by atoms with Gasteiger partial charge in [-0.15, -0.1) is 0 Å². The van der Waals surface area contributed by atoms with Crippen molar-refractivity contribution in [1.29, 1.82) is 0 Å². The van der Waals surface area contributed by atoms with E-state index < -0.39 is 18.2 Å². The number of aliphatic hydroxyl groups is 2. The summed E-state index contributed by atoms with van der Waals surface area (Å²) in [5, 5.41) is 31.8. The van der Waals surface area contributed by atoms with Gasteiger partial charge in [-0.3, -0.25) is 9.59 Å². The number of carboxylic acid groups (broad SMARTS) is 1. The van der Waals surface area contributed by atoms with Gasteiger partial charge in [0.2, 0.25) is 0 Å². The van der Waals surface area contributed by atoms with Gasteiger partial charge >= 0.3 is 5.97 Å². The number of hydrogen-bond acceptors (Lipinski definition) is 4. The molecule has 0 amide bonds. The van der Waals surface area contributed by atoms with Crippen LogP contribution in [0, 0.1) is 46.3 Å². The van der Waals surface area contributed by atoms with E-state index in [1.165, 1.54) is 0 Å². The summed E-state index contributed by atoms with van der Waals surface area (Å²) in [6.45, 7) is 6.66. The molecule has 0 aliphatic heterocycles. The Bertz CT molecular complexity index is 676. The molecule has 0 heterocycles. The fraction of sp³-hybridized carbons (Fsp3) is 0.917. The number of aliphatic carboxylic acids is 1. The first-order chi connectivity index (χ1) is 13.6. The van der Waals surface area contributed by atoms with Gasteiger partial charge < -0.3 is 15.3 Å². The highest BCUT2D eigenvalue weighted by Gasteiger charge is 2.65. The van der Waals surface area contributed by atoms with Crippen LogP contribution < -0.4 is 0 Å². The minimum atomic E-state index is -0.755. The molecule has 4 rings (SSSR count). The Labute approximate surface area is 174 Å². The van der Waals surface area contributed by atoms with Gasteiger partial charge in [-0.2, -0.15) is 0 Å². The van der Waals surface area contributed by atoms with Crippen LogP contribution in [0.2, 0.25) is 0 Å². The zero-order valence-corrected chi connectivity index (χ0v) is 18.1. The van der Waals surface area contributed by atoms with E-state index in [0.717, 1.165) is 19.3 Å². The average molecular weight is 407 g/mol. The van der Waals surface area contributed by atoms with E-state index >= 15 is 0 Å². The topological polar surface area (TPSA) is 94.8 Å². The van der Waals surface area contributed by atoms with Gasteiger partial charge in [0.1, 0.15) is 5.78 Å². The van der Waals surface area contributed by atoms with Crippen LogP contribution in [0.5, 0.6) is 0 Å². The third-order valence-electron chi connectivity index (χ3n) is 10.2. The van der Waals surface area contributed by atoms with E-state index in [1.54, 1.807) is 0 Å². The average Bonchev–Trinajstić information content (AvgIpc) is 3.01. The Kier molecular flexibility index (Phi) is 5.39. The molecule has 10 atom stereocenters. The van der Waals surface area contributed by atoms with Crippen LogP contribution in [0.3, 0.4) is 0 Å². The maximum Gasteiger partial charge on any atom is 0.303 e. The Balaban J connectivity index is 1.61. The quantitative estimate of drug-likeness (QED) is 0.662. The minimum Gasteiger partial charge on any atom is -0.481 e. The molecule has 4 unspecified atom stereocenters. The maximum absolute atomic E-state index is 12.1. The van der Waals surface area contributed by atoms with Crippen LogP contribution in [0.25, 0.3) is 0 Å². The molecule has 0 spiro atoms. The van der Waals surface area contributed by atoms with Gasteiger partial charge in [0.15, 0.2) is 0 Å². The molecule has 4 fully saturated rings. The van der Waals surface area contributed by atoms with Crippen molar-refractivity contribution in [2.75, 3.05) is 0 Å². The molecule has 29 heavy (non-hydrogen) atoms. The van der Waals surface area contributed by atoms with Crippen molar-refractivity contribution in [3.05, 3.63) is 0 Å². The van der Waals surface area contributed by atoms with E-state index in [1.807, 2.05) is 0 Å². The first-order valence-corrected chi connectivity index (χ1v) is 11.7. The number of aliphatic hydroxyl groups excluding tert-OH is 2. The molecule has 0 saturated heterocycles. The maximum atomic E-state index is 12.1. The van der Waals surface area contributed by atoms with Gasteiger partial charge in [-0.1, -0.05) is 20.8 Å². The van der Waals surface area contributed by atoms with Crippen LogP contribution in [0.4, 0.5) is 0 Å². The predicted octanol–water partition coefficient (Wildman–Crippen LogP) is 3.66. The summed E-state index contributed by atoms with van der Waals surface area (Å²) in [6, 6.07) is 0. The largest absolute Gasteiger partial charge is 0.481 e. The summed E-state index contributed by atoms with van der Waals surface area (Å²) < 4.78 is 0. The van der Waals surface area contributed by atoms with Crippen LogP contribution in [-0.2, 0) is 9.59 Å². The number of Topliss-reactive ketones (excluding diaryl/α,β-unsaturated/α-hetero) is 1. The number of rotatable bonds is 4. The smallest absolute Gasteiger partial charge is 0.303 e. The molecule has 3 N–H and O–H groups in total. The lowest BCUT2D eigenvalue weighted by molar-refractivity contribution is -0.201. The van der Waals surface area contributed by atoms with E-state index in [0.29, 0.717) is 43.8 Å². The normalized spacial score (nSPS) is 50.4. The standard InChI is InChI=1S/C24H38O5/c1-13(4-7-21(28)29)16-5-6-17-22-18(12-20(27)24(16,17)3)23(2)9-8-15(25)10-14(23)11-19(22)26/h13-14,16-20,22,26-27H,4-12H2,1-3H3,(H,28,29)/t13-,14?,16-,17+,18?,19?,20?,22+,23+,24-/m1/s1. The minimum absolute atomic E-state index is 0.0348. The second kappa shape index (κ2) is 7.33. The van der Waals surface area contributed by atoms with E-state index in [4.69, 9.17) is 5.11 Å². The van der Waals surface area contributed by atoms with Crippen LogP contribution in [-0.4, -0.2) is 39.3 Å². The Hall–Kier alpha value is -0.940. The van der Waals surface area contributed by atoms with Crippen molar-refractivity contribution in [2.45, 2.75) is 90.8 Å². The number of carboxylic acids is 1. The first-order valence-electron chi connectivity index (χ1n) is 11.7. The van der Waals surface area contributed by atoms with Crippen molar-refractivity contribution >= 4 is 11.8 Å². The monoisotopic (exact) mass is 406 g/mol. The molecule has 0 aromatic rings. The lowest BCUT2D eigenvalue weighted by Gasteiger charge is -2.63. The van der Waals surface area contributed by atoms with Gasteiger partial charge in [0.05, 0.1) is 12.2 Å². The molecule has 4 aliphatic carbocycles. The second-order valence-electron chi connectivity index (χ2n) is 11.2. The highest BCUT2D eigenvalue weighted by Crippen LogP contribution is 2.68. The van der Waals surface area contributed by atoms with Crippen LogP contribution in [0.1, 0.15) is 78.6 Å². The van der Waals surface area contributed by atoms with Crippen molar-refractivity contribution in [3.8, 4) is 0 Å². The number of fused-ring (bicyclic) bond motifs is 5. The fourth-order valence-electron chi connectivity index (χ4n) is 8.50. The van der Waals surface area contributed by atoms with Crippen LogP contribution >= 0.6 is 0 Å². The SMILES string of the molecule is C[C@H](CCC(=O)O)[C@H]1CC[C@H]2[C@@H]3C(O)CC4CC(=O)CC[C@]4(C)C3CC(O)[C@]12C. The highest BCUT2D eigenvalue weighted by atomic mass is 16.4. The summed E-state index contributed by atoms with van der Waals surface area (Å²) in [4.78, 5) is 23.1. The summed E-state index contributed by atoms with van der Waals surface area (Å²) in [6.07, 6.45) is 5.56. The van der Waals surface area contributed by atoms with Crippen molar-refractivity contribution in [2.24, 2.45) is 46.3 Å². The third kappa shape index (κ3) is 3.18. The van der Waals surface area contributed by atoms with Crippen molar-refractivity contribution < 1.29 is 24.9 Å². The molecule has 0 aromatic carbocycles. The summed E-state index contributed by atoms with van der Waals surface area (Å²) in [7, 11) is 0. The van der Waals surface area contributed by atoms with Gasteiger partial charge in [-0.25, -0.2) is 0 Å². The molecule has 5 nitrogen and oxygen atoms in total. The molecule has 5 heteroatoms. The van der Waals surface area contributed by atoms with Gasteiger partial charge in [0.25, 0.3) is 0 Å². The Morgan fingerprint density at radius 1 is 1.17 bits per heavy atom. The first kappa shape index (κ1) is 21.3. The van der Waals surface area contributed by atoms with Crippen molar-refractivity contribution in [3.63, 3.8) is 0 Å². The molecule has 4 aliphatic rings. The predicted molar refractivity (Wildman–Crippen MR) is 109 cm³/mol. The van der Waals surface area contributed by atoms with E-state index in [2.05, 4.69) is 20.8 Å². The molecule has 0 aromatic heterocycles. The highest BCUT2D eigenvalue weighted by molar-refractivity contribution is 5.79. The number of hydrogen-bond donors (Lipinski definition) is 3. The summed E-state index contributed by atoms with van der Waals surface area (Å²) >= 11 is 0. The van der Waals surface area contributed by atoms with Gasteiger partial charge in [0, 0.05) is 19.3 Å². The van der Waals surface area contributed by atoms with Gasteiger partial charge in [-0.05, 0) is 84.9 Å². The fourth-order valence-corrected chi connectivity index (χ4v) is 8.50. The lowest BCUT2D eigenvalue weighted by Crippen LogP contribution is -2.62. The molecular weight excluding hydrogens is 368 g/mol. The van der Waals surface area contributed by atoms with Crippen LogP contribution in [0.15, 0.2) is 0 Å².